The van der Waals surface area contributed by atoms with Crippen LogP contribution in [-0.4, -0.2) is 12.3 Å². The van der Waals surface area contributed by atoms with Crippen molar-refractivity contribution in [3.63, 3.8) is 0 Å². The second-order valence-electron chi connectivity index (χ2n) is 30.5. The number of hydrogen-bond donors (Lipinski definition) is 0. The van der Waals surface area contributed by atoms with Crippen molar-refractivity contribution in [3.8, 4) is 0 Å². The number of rotatable bonds is 1. The molecular formula is C74H80BN3S. The molecule has 4 aliphatic heterocycles. The summed E-state index contributed by atoms with van der Waals surface area (Å²) in [5.41, 5.74) is 28.4. The summed E-state index contributed by atoms with van der Waals surface area (Å²) in [6.45, 7) is 35.5. The Bertz CT molecular complexity index is 4070. The summed E-state index contributed by atoms with van der Waals surface area (Å²) in [5, 5.41) is 2.72. The summed E-state index contributed by atoms with van der Waals surface area (Å²) in [6.07, 6.45) is 11.9. The van der Waals surface area contributed by atoms with E-state index in [1.54, 1.807) is 0 Å². The molecule has 3 atom stereocenters. The Labute approximate surface area is 475 Å². The first kappa shape index (κ1) is 49.1. The van der Waals surface area contributed by atoms with Gasteiger partial charge in [0.2, 0.25) is 0 Å². The van der Waals surface area contributed by atoms with Crippen LogP contribution in [0.25, 0.3) is 20.2 Å². The summed E-state index contributed by atoms with van der Waals surface area (Å²) in [4.78, 5) is 8.57. The number of fused-ring (bicyclic) bond motifs is 19. The molecule has 0 spiro atoms. The van der Waals surface area contributed by atoms with Crippen LogP contribution >= 0.6 is 11.3 Å². The van der Waals surface area contributed by atoms with Crippen molar-refractivity contribution in [3.05, 3.63) is 159 Å². The molecule has 0 saturated heterocycles. The highest BCUT2D eigenvalue weighted by molar-refractivity contribution is 7.26. The van der Waals surface area contributed by atoms with Crippen LogP contribution in [0.2, 0.25) is 0 Å². The van der Waals surface area contributed by atoms with Crippen molar-refractivity contribution >= 4 is 100 Å². The van der Waals surface area contributed by atoms with E-state index < -0.39 is 0 Å². The van der Waals surface area contributed by atoms with Crippen molar-refractivity contribution < 1.29 is 0 Å². The fourth-order valence-electron chi connectivity index (χ4n) is 18.2. The van der Waals surface area contributed by atoms with E-state index in [0.717, 1.165) is 19.3 Å². The number of hydrogen-bond acceptors (Lipinski definition) is 4. The van der Waals surface area contributed by atoms with Gasteiger partial charge in [0.05, 0.1) is 5.54 Å². The zero-order valence-electron chi connectivity index (χ0n) is 49.8. The Hall–Kier alpha value is -5.78. The first-order valence-corrected chi connectivity index (χ1v) is 31.4. The topological polar surface area (TPSA) is 9.72 Å². The Morgan fingerprint density at radius 2 is 0.987 bits per heavy atom. The van der Waals surface area contributed by atoms with Gasteiger partial charge in [-0.3, -0.25) is 0 Å². The maximum atomic E-state index is 2.94. The summed E-state index contributed by atoms with van der Waals surface area (Å²) < 4.78 is 2.74. The number of thiophene rings is 1. The molecule has 3 nitrogen and oxygen atoms in total. The molecule has 0 radical (unpaired) electrons. The predicted molar refractivity (Wildman–Crippen MR) is 340 cm³/mol. The lowest BCUT2D eigenvalue weighted by atomic mass is 9.33. The van der Waals surface area contributed by atoms with Gasteiger partial charge >= 0.3 is 0 Å². The zero-order chi connectivity index (χ0) is 54.7. The summed E-state index contributed by atoms with van der Waals surface area (Å²) in [5.74, 6) is 0. The minimum absolute atomic E-state index is 0.00772. The standard InChI is InChI=1S/C74H80BN3S/c1-43-33-51-55-41-58(43)77-60-38-48-47-19-15-16-20-64(47)79-65(48)42-57(60)75-56-39-53-54(70(8,9)30-29-69(53,6)7)40-61(56)76(45-22-24-49-52(35-45)68(4,5)28-27-67(49,2)3)62-36-46(37-63(77)66(62)75)78-59-34-44(72(55,12)32-31-71(51,10)11)21-23-50(59)73(13)25-17-18-26-74(73,78)14/h15-16,19-24,33-42H,17-18,25-32H2,1-14H3. The molecule has 1 fully saturated rings. The largest absolute Gasteiger partial charge is 0.334 e. The molecule has 1 aromatic heterocycles. The van der Waals surface area contributed by atoms with Crippen LogP contribution in [0.15, 0.2) is 109 Å². The minimum Gasteiger partial charge on any atom is -0.334 e. The van der Waals surface area contributed by atoms with E-state index in [1.807, 2.05) is 11.3 Å². The lowest BCUT2D eigenvalue weighted by Crippen LogP contribution is -2.62. The average Bonchev–Trinajstić information content (AvgIpc) is 3.41. The quantitative estimate of drug-likeness (QED) is 0.152. The number of nitrogens with zero attached hydrogens (tertiary/aromatic N) is 3. The average molecular weight is 1050 g/mol. The molecular weight excluding hydrogens is 974 g/mol. The highest BCUT2D eigenvalue weighted by Crippen LogP contribution is 2.64. The molecule has 6 bridgehead atoms. The lowest BCUT2D eigenvalue weighted by molar-refractivity contribution is 0.195. The third-order valence-electron chi connectivity index (χ3n) is 23.8. The SMILES string of the molecule is Cc1cc2c3cc1N1c4cc5c(cc4B4c6cc7c(cc6N(c6ccc8c(c6)C(C)(C)CCC8(C)C)c6cc(cc1c64)N1c4cc(ccc4C4(C)CCCCC14C)C3(C)CCC2(C)C)C(C)(C)CCC7(C)C)sc1ccccc15. The van der Waals surface area contributed by atoms with Gasteiger partial charge in [0.25, 0.3) is 6.71 Å². The van der Waals surface area contributed by atoms with Gasteiger partial charge in [0.1, 0.15) is 0 Å². The highest BCUT2D eigenvalue weighted by Gasteiger charge is 2.59. The van der Waals surface area contributed by atoms with E-state index >= 15 is 0 Å². The zero-order valence-corrected chi connectivity index (χ0v) is 50.6. The van der Waals surface area contributed by atoms with Crippen LogP contribution in [-0.2, 0) is 37.9 Å². The Kier molecular flexibility index (Phi) is 9.45. The second kappa shape index (κ2) is 15.2. The fourth-order valence-corrected chi connectivity index (χ4v) is 19.4. The van der Waals surface area contributed by atoms with E-state index in [4.69, 9.17) is 0 Å². The van der Waals surface area contributed by atoms with E-state index in [1.165, 1.54) is 177 Å². The first-order chi connectivity index (χ1) is 37.4. The van der Waals surface area contributed by atoms with Gasteiger partial charge in [0.15, 0.2) is 0 Å². The molecule has 3 unspecified atom stereocenters. The van der Waals surface area contributed by atoms with Gasteiger partial charge < -0.3 is 14.7 Å². The van der Waals surface area contributed by atoms with Crippen molar-refractivity contribution in [2.75, 3.05) is 14.7 Å². The third kappa shape index (κ3) is 6.17. The molecule has 16 rings (SSSR count). The maximum absolute atomic E-state index is 2.94. The number of aryl methyl sites for hydroxylation is 1. The predicted octanol–water partition coefficient (Wildman–Crippen LogP) is 18.6. The van der Waals surface area contributed by atoms with Crippen LogP contribution in [0.4, 0.5) is 45.5 Å². The first-order valence-electron chi connectivity index (χ1n) is 30.5. The van der Waals surface area contributed by atoms with Gasteiger partial charge in [-0.1, -0.05) is 144 Å². The van der Waals surface area contributed by atoms with Gasteiger partial charge in [-0.25, -0.2) is 0 Å². The van der Waals surface area contributed by atoms with Crippen molar-refractivity contribution in [1.82, 2.24) is 0 Å². The van der Waals surface area contributed by atoms with E-state index in [9.17, 15) is 0 Å². The normalized spacial score (nSPS) is 26.2. The maximum Gasteiger partial charge on any atom is 0.252 e. The second-order valence-corrected chi connectivity index (χ2v) is 31.6. The Balaban J connectivity index is 1.10. The monoisotopic (exact) mass is 1050 g/mol. The van der Waals surface area contributed by atoms with E-state index in [2.05, 4.69) is 221 Å². The molecule has 8 aliphatic rings. The molecule has 4 aliphatic carbocycles. The van der Waals surface area contributed by atoms with Gasteiger partial charge in [-0.05, 0) is 219 Å². The smallest absolute Gasteiger partial charge is 0.252 e. The van der Waals surface area contributed by atoms with E-state index in [0.29, 0.717) is 0 Å². The minimum atomic E-state index is -0.172. The third-order valence-corrected chi connectivity index (χ3v) is 24.9. The molecule has 1 saturated carbocycles. The summed E-state index contributed by atoms with van der Waals surface area (Å²) in [6, 6.07) is 46.4. The molecule has 7 aromatic carbocycles. The molecule has 5 heteroatoms. The van der Waals surface area contributed by atoms with Gasteiger partial charge in [-0.15, -0.1) is 11.3 Å². The fraction of sp³-hybridized carbons (Fsp3) is 0.432. The van der Waals surface area contributed by atoms with Crippen molar-refractivity contribution in [2.45, 2.75) is 205 Å². The molecule has 8 aromatic rings. The Morgan fingerprint density at radius 3 is 1.72 bits per heavy atom. The molecule has 0 amide bonds. The van der Waals surface area contributed by atoms with Crippen molar-refractivity contribution in [2.24, 2.45) is 0 Å². The molecule has 5 heterocycles. The van der Waals surface area contributed by atoms with Crippen LogP contribution in [0, 0.1) is 6.92 Å². The lowest BCUT2D eigenvalue weighted by Gasteiger charge is -2.52. The van der Waals surface area contributed by atoms with Gasteiger partial charge in [0, 0.05) is 76.5 Å². The number of benzene rings is 7. The molecule has 400 valence electrons. The molecule has 0 N–H and O–H groups in total. The van der Waals surface area contributed by atoms with E-state index in [-0.39, 0.29) is 50.2 Å². The Morgan fingerprint density at radius 1 is 0.405 bits per heavy atom. The summed E-state index contributed by atoms with van der Waals surface area (Å²) in [7, 11) is 0. The van der Waals surface area contributed by atoms with Crippen LogP contribution < -0.4 is 31.1 Å². The van der Waals surface area contributed by atoms with Crippen molar-refractivity contribution in [1.29, 1.82) is 0 Å². The van der Waals surface area contributed by atoms with Crippen LogP contribution in [0.1, 0.15) is 204 Å². The van der Waals surface area contributed by atoms with Crippen LogP contribution in [0.3, 0.4) is 0 Å². The van der Waals surface area contributed by atoms with Crippen LogP contribution in [0.5, 0.6) is 0 Å². The van der Waals surface area contributed by atoms with Gasteiger partial charge in [-0.2, -0.15) is 0 Å². The molecule has 79 heavy (non-hydrogen) atoms. The number of anilines is 8. The highest BCUT2D eigenvalue weighted by atomic mass is 32.1. The summed E-state index contributed by atoms with van der Waals surface area (Å²) >= 11 is 1.97.